The Bertz CT molecular complexity index is 417. The molecule has 0 saturated heterocycles. The predicted octanol–water partition coefficient (Wildman–Crippen LogP) is 2.79. The zero-order chi connectivity index (χ0) is 14.5. The van der Waals surface area contributed by atoms with Crippen LogP contribution >= 0.6 is 0 Å². The van der Waals surface area contributed by atoms with E-state index in [-0.39, 0.29) is 5.56 Å². The number of hydrogen-bond donors (Lipinski definition) is 0. The Morgan fingerprint density at radius 2 is 1.84 bits per heavy atom. The highest BCUT2D eigenvalue weighted by Crippen LogP contribution is 2.22. The molecule has 0 N–H and O–H groups in total. The van der Waals surface area contributed by atoms with E-state index in [2.05, 4.69) is 4.74 Å². The van der Waals surface area contributed by atoms with E-state index in [0.29, 0.717) is 5.75 Å². The van der Waals surface area contributed by atoms with Crippen molar-refractivity contribution >= 4 is 5.78 Å². The third-order valence-corrected chi connectivity index (χ3v) is 2.26. The summed E-state index contributed by atoms with van der Waals surface area (Å²) in [6.07, 6.45) is -3.82. The molecule has 0 heterocycles. The van der Waals surface area contributed by atoms with Gasteiger partial charge in [0.15, 0.2) is 5.78 Å². The van der Waals surface area contributed by atoms with Crippen molar-refractivity contribution in [1.29, 1.82) is 0 Å². The molecule has 0 aliphatic rings. The van der Waals surface area contributed by atoms with E-state index in [1.54, 1.807) is 0 Å². The van der Waals surface area contributed by atoms with Gasteiger partial charge >= 0.3 is 12.3 Å². The zero-order valence-corrected chi connectivity index (χ0v) is 10.0. The highest BCUT2D eigenvalue weighted by molar-refractivity contribution is 5.97. The maximum atomic E-state index is 12.5. The number of methoxy groups -OCH3 is 1. The Labute approximate surface area is 107 Å². The fourth-order valence-electron chi connectivity index (χ4n) is 1.20. The maximum Gasteiger partial charge on any atom is 0.330 e. The molecule has 106 valence electrons. The Hall–Kier alpha value is -1.63. The molecule has 1 aromatic carbocycles. The van der Waals surface area contributed by atoms with E-state index in [9.17, 15) is 22.4 Å². The minimum atomic E-state index is -4.25. The van der Waals surface area contributed by atoms with Crippen molar-refractivity contribution in [3.8, 4) is 5.75 Å². The van der Waals surface area contributed by atoms with Crippen LogP contribution in [0.3, 0.4) is 0 Å². The van der Waals surface area contributed by atoms with Gasteiger partial charge < -0.3 is 9.47 Å². The van der Waals surface area contributed by atoms with Gasteiger partial charge in [-0.05, 0) is 24.3 Å². The second kappa shape index (κ2) is 6.51. The minimum Gasteiger partial charge on any atom is -0.497 e. The van der Waals surface area contributed by atoms with Crippen molar-refractivity contribution in [2.75, 3.05) is 20.3 Å². The normalized spacial score (nSPS) is 11.7. The molecule has 0 spiro atoms. The highest BCUT2D eigenvalue weighted by Gasteiger charge is 2.41. The number of carbonyl (C=O) groups excluding carboxylic acids is 1. The lowest BCUT2D eigenvalue weighted by atomic mass is 10.1. The van der Waals surface area contributed by atoms with E-state index < -0.39 is 31.3 Å². The van der Waals surface area contributed by atoms with Gasteiger partial charge in [0.25, 0.3) is 0 Å². The molecule has 19 heavy (non-hydrogen) atoms. The van der Waals surface area contributed by atoms with Crippen LogP contribution in [0.2, 0.25) is 0 Å². The molecule has 0 aliphatic carbocycles. The van der Waals surface area contributed by atoms with Gasteiger partial charge in [-0.3, -0.25) is 4.79 Å². The van der Waals surface area contributed by atoms with Gasteiger partial charge in [0.1, 0.15) is 19.0 Å². The molecule has 1 rings (SSSR count). The van der Waals surface area contributed by atoms with Gasteiger partial charge in [-0.2, -0.15) is 8.78 Å². The van der Waals surface area contributed by atoms with Gasteiger partial charge in [-0.1, -0.05) is 0 Å². The number of Topliss-reactive ketones (excluding diaryl/α,β-unsaturated/α-hetero) is 1. The molecule has 0 fully saturated rings. The third-order valence-electron chi connectivity index (χ3n) is 2.26. The fraction of sp³-hybridized carbons (Fsp3) is 0.417. The molecule has 0 aliphatic heterocycles. The highest BCUT2D eigenvalue weighted by atomic mass is 19.3. The smallest absolute Gasteiger partial charge is 0.330 e. The van der Waals surface area contributed by atoms with Crippen LogP contribution in [0.15, 0.2) is 24.3 Å². The number of hydrogen-bond acceptors (Lipinski definition) is 3. The first-order valence-corrected chi connectivity index (χ1v) is 5.28. The minimum absolute atomic E-state index is 0.223. The van der Waals surface area contributed by atoms with Gasteiger partial charge in [0.2, 0.25) is 0 Å². The lowest BCUT2D eigenvalue weighted by Gasteiger charge is -2.14. The average Bonchev–Trinajstić information content (AvgIpc) is 2.38. The summed E-state index contributed by atoms with van der Waals surface area (Å²) >= 11 is 0. The second-order valence-corrected chi connectivity index (χ2v) is 3.71. The van der Waals surface area contributed by atoms with E-state index in [4.69, 9.17) is 4.74 Å². The number of halogens is 4. The third kappa shape index (κ3) is 4.51. The summed E-state index contributed by atoms with van der Waals surface area (Å²) < 4.78 is 57.8. The molecule has 3 nitrogen and oxygen atoms in total. The first-order chi connectivity index (χ1) is 8.86. The molecular weight excluding hydrogens is 268 g/mol. The Morgan fingerprint density at radius 3 is 2.32 bits per heavy atom. The summed E-state index contributed by atoms with van der Waals surface area (Å²) in [7, 11) is 1.45. The maximum absolute atomic E-state index is 12.5. The van der Waals surface area contributed by atoms with Gasteiger partial charge in [0.05, 0.1) is 7.11 Å². The van der Waals surface area contributed by atoms with E-state index in [1.165, 1.54) is 31.4 Å². The number of benzene rings is 1. The van der Waals surface area contributed by atoms with E-state index in [1.807, 2.05) is 0 Å². The molecule has 0 aromatic heterocycles. The van der Waals surface area contributed by atoms with Crippen LogP contribution in [0.1, 0.15) is 10.4 Å². The summed E-state index contributed by atoms with van der Waals surface area (Å²) in [6.45, 7) is -2.18. The Morgan fingerprint density at radius 1 is 1.26 bits per heavy atom. The SMILES string of the molecule is COc1ccc(C(=O)COCC(F)(F)C(F)F)cc1. The first-order valence-electron chi connectivity index (χ1n) is 5.28. The summed E-state index contributed by atoms with van der Waals surface area (Å²) in [5.74, 6) is -4.30. The van der Waals surface area contributed by atoms with Gasteiger partial charge in [-0.25, -0.2) is 8.78 Å². The van der Waals surface area contributed by atoms with E-state index in [0.717, 1.165) is 0 Å². The quantitative estimate of drug-likeness (QED) is 0.569. The van der Waals surface area contributed by atoms with Crippen LogP contribution in [0.25, 0.3) is 0 Å². The molecule has 0 amide bonds. The molecule has 0 atom stereocenters. The van der Waals surface area contributed by atoms with Crippen molar-refractivity contribution in [1.82, 2.24) is 0 Å². The molecule has 0 bridgehead atoms. The van der Waals surface area contributed by atoms with Crippen LogP contribution in [0.4, 0.5) is 17.6 Å². The summed E-state index contributed by atoms with van der Waals surface area (Å²) in [5, 5.41) is 0. The van der Waals surface area contributed by atoms with E-state index >= 15 is 0 Å². The molecule has 0 unspecified atom stereocenters. The van der Waals surface area contributed by atoms with Crippen LogP contribution in [0.5, 0.6) is 5.75 Å². The van der Waals surface area contributed by atoms with Crippen LogP contribution in [-0.2, 0) is 4.74 Å². The topological polar surface area (TPSA) is 35.5 Å². The molecule has 0 saturated carbocycles. The van der Waals surface area contributed by atoms with Crippen molar-refractivity contribution in [3.63, 3.8) is 0 Å². The van der Waals surface area contributed by atoms with Crippen molar-refractivity contribution in [2.45, 2.75) is 12.3 Å². The number of alkyl halides is 4. The number of carbonyl (C=O) groups is 1. The Balaban J connectivity index is 2.47. The van der Waals surface area contributed by atoms with Crippen LogP contribution in [0, 0.1) is 0 Å². The number of rotatable bonds is 7. The summed E-state index contributed by atoms with van der Waals surface area (Å²) in [4.78, 5) is 11.5. The number of ether oxygens (including phenoxy) is 2. The Kier molecular flexibility index (Phi) is 5.29. The summed E-state index contributed by atoms with van der Waals surface area (Å²) in [5.41, 5.74) is 0.223. The standard InChI is InChI=1S/C12H12F4O3/c1-18-9-4-2-8(3-5-9)10(17)6-19-7-12(15,16)11(13)14/h2-5,11H,6-7H2,1H3. The average molecular weight is 280 g/mol. The number of ketones is 1. The lowest BCUT2D eigenvalue weighted by molar-refractivity contribution is -0.163. The fourth-order valence-corrected chi connectivity index (χ4v) is 1.20. The van der Waals surface area contributed by atoms with Crippen LogP contribution in [-0.4, -0.2) is 38.5 Å². The van der Waals surface area contributed by atoms with Crippen molar-refractivity contribution in [3.05, 3.63) is 29.8 Å². The van der Waals surface area contributed by atoms with Crippen LogP contribution < -0.4 is 4.74 Å². The summed E-state index contributed by atoms with van der Waals surface area (Å²) in [6, 6.07) is 5.88. The predicted molar refractivity (Wildman–Crippen MR) is 59.1 cm³/mol. The molecule has 1 aromatic rings. The second-order valence-electron chi connectivity index (χ2n) is 3.71. The first kappa shape index (κ1) is 15.4. The monoisotopic (exact) mass is 280 g/mol. The molecular formula is C12H12F4O3. The molecule has 0 radical (unpaired) electrons. The molecule has 7 heteroatoms. The largest absolute Gasteiger partial charge is 0.497 e. The lowest BCUT2D eigenvalue weighted by Crippen LogP contribution is -2.33. The van der Waals surface area contributed by atoms with Crippen molar-refractivity contribution in [2.24, 2.45) is 0 Å². The van der Waals surface area contributed by atoms with Crippen molar-refractivity contribution < 1.29 is 31.8 Å². The zero-order valence-electron chi connectivity index (χ0n) is 10.0. The van der Waals surface area contributed by atoms with Gasteiger partial charge in [0, 0.05) is 5.56 Å². The van der Waals surface area contributed by atoms with Gasteiger partial charge in [-0.15, -0.1) is 0 Å².